The van der Waals surface area contributed by atoms with E-state index in [9.17, 15) is 9.18 Å². The first-order chi connectivity index (χ1) is 9.08. The molecule has 19 heavy (non-hydrogen) atoms. The number of hydrogen-bond acceptors (Lipinski definition) is 3. The third-order valence-corrected chi connectivity index (χ3v) is 2.83. The number of carbonyl (C=O) groups is 1. The molecule has 1 unspecified atom stereocenters. The molecule has 0 fully saturated rings. The number of halogens is 1. The van der Waals surface area contributed by atoms with Gasteiger partial charge in [-0.2, -0.15) is 0 Å². The van der Waals surface area contributed by atoms with Gasteiger partial charge in [0.15, 0.2) is 0 Å². The fourth-order valence-electron chi connectivity index (χ4n) is 1.78. The van der Waals surface area contributed by atoms with Crippen molar-refractivity contribution in [1.82, 2.24) is 5.32 Å². The van der Waals surface area contributed by atoms with Crippen LogP contribution in [0, 0.1) is 5.82 Å². The first-order valence-corrected chi connectivity index (χ1v) is 5.87. The molecule has 0 saturated heterocycles. The zero-order valence-electron chi connectivity index (χ0n) is 10.4. The minimum Gasteiger partial charge on any atom is -0.475 e. The fourth-order valence-corrected chi connectivity index (χ4v) is 1.78. The van der Waals surface area contributed by atoms with Gasteiger partial charge in [0.05, 0.1) is 6.54 Å². The lowest BCUT2D eigenvalue weighted by Gasteiger charge is -2.13. The van der Waals surface area contributed by atoms with Crippen molar-refractivity contribution in [3.63, 3.8) is 0 Å². The van der Waals surface area contributed by atoms with Crippen LogP contribution in [0.3, 0.4) is 0 Å². The molecule has 0 aliphatic heterocycles. The molecule has 0 aliphatic carbocycles. The van der Waals surface area contributed by atoms with E-state index < -0.39 is 5.97 Å². The Hall–Kier alpha value is -2.14. The van der Waals surface area contributed by atoms with E-state index in [1.807, 2.05) is 6.92 Å². The van der Waals surface area contributed by atoms with E-state index in [0.717, 1.165) is 0 Å². The largest absolute Gasteiger partial charge is 0.475 e. The first-order valence-electron chi connectivity index (χ1n) is 5.87. The predicted octanol–water partition coefficient (Wildman–Crippen LogP) is 2.97. The number of aromatic carboxylic acids is 1. The molecule has 0 saturated carbocycles. The number of carboxylic acid groups (broad SMARTS) is 1. The highest BCUT2D eigenvalue weighted by molar-refractivity contribution is 5.84. The normalized spacial score (nSPS) is 12.3. The first kappa shape index (κ1) is 13.3. The molecule has 1 heterocycles. The van der Waals surface area contributed by atoms with E-state index in [4.69, 9.17) is 9.52 Å². The highest BCUT2D eigenvalue weighted by Gasteiger charge is 2.12. The Balaban J connectivity index is 1.98. The summed E-state index contributed by atoms with van der Waals surface area (Å²) in [6, 6.07) is 9.31. The minimum atomic E-state index is -1.10. The second-order valence-electron chi connectivity index (χ2n) is 4.20. The lowest BCUT2D eigenvalue weighted by atomic mass is 10.1. The third kappa shape index (κ3) is 3.20. The number of nitrogens with one attached hydrogen (secondary N) is 1. The van der Waals surface area contributed by atoms with E-state index in [-0.39, 0.29) is 17.6 Å². The Labute approximate surface area is 109 Å². The van der Waals surface area contributed by atoms with E-state index in [1.165, 1.54) is 12.1 Å². The summed E-state index contributed by atoms with van der Waals surface area (Å²) in [5.41, 5.74) is 0.563. The fraction of sp³-hybridized carbons (Fsp3) is 0.214. The van der Waals surface area contributed by atoms with Crippen LogP contribution in [0.1, 0.15) is 34.8 Å². The van der Waals surface area contributed by atoms with Gasteiger partial charge < -0.3 is 14.8 Å². The van der Waals surface area contributed by atoms with E-state index in [2.05, 4.69) is 5.32 Å². The van der Waals surface area contributed by atoms with Crippen molar-refractivity contribution in [2.24, 2.45) is 0 Å². The van der Waals surface area contributed by atoms with Gasteiger partial charge in [-0.3, -0.25) is 0 Å². The second-order valence-corrected chi connectivity index (χ2v) is 4.20. The van der Waals surface area contributed by atoms with Gasteiger partial charge in [-0.1, -0.05) is 18.2 Å². The van der Waals surface area contributed by atoms with Crippen LogP contribution < -0.4 is 5.32 Å². The van der Waals surface area contributed by atoms with Crippen LogP contribution in [0.5, 0.6) is 0 Å². The molecule has 4 nitrogen and oxygen atoms in total. The molecule has 0 aliphatic rings. The Bertz CT molecular complexity index is 580. The van der Waals surface area contributed by atoms with Crippen molar-refractivity contribution in [3.05, 3.63) is 59.3 Å². The van der Waals surface area contributed by atoms with Gasteiger partial charge in [0.2, 0.25) is 5.76 Å². The Morgan fingerprint density at radius 2 is 2.11 bits per heavy atom. The van der Waals surface area contributed by atoms with E-state index in [0.29, 0.717) is 17.9 Å². The topological polar surface area (TPSA) is 62.5 Å². The molecule has 1 aromatic carbocycles. The van der Waals surface area contributed by atoms with Crippen LogP contribution in [0.2, 0.25) is 0 Å². The maximum atomic E-state index is 13.5. The van der Waals surface area contributed by atoms with Crippen LogP contribution in [0.15, 0.2) is 40.8 Å². The third-order valence-electron chi connectivity index (χ3n) is 2.83. The standard InChI is InChI=1S/C14H14FNO3/c1-9(11-4-2-3-5-12(11)15)16-8-10-6-7-13(19-10)14(17)18/h2-7,9,16H,8H2,1H3,(H,17,18). The molecule has 1 aromatic heterocycles. The molecule has 0 radical (unpaired) electrons. The molecule has 0 bridgehead atoms. The zero-order chi connectivity index (χ0) is 13.8. The Kier molecular flexibility index (Phi) is 3.97. The highest BCUT2D eigenvalue weighted by atomic mass is 19.1. The highest BCUT2D eigenvalue weighted by Crippen LogP contribution is 2.17. The van der Waals surface area contributed by atoms with Crippen LogP contribution in [0.4, 0.5) is 4.39 Å². The number of furan rings is 1. The van der Waals surface area contributed by atoms with Crippen LogP contribution in [-0.2, 0) is 6.54 Å². The summed E-state index contributed by atoms with van der Waals surface area (Å²) in [6.45, 7) is 2.17. The van der Waals surface area contributed by atoms with Gasteiger partial charge in [0, 0.05) is 11.6 Å². The summed E-state index contributed by atoms with van der Waals surface area (Å²) >= 11 is 0. The van der Waals surface area contributed by atoms with Crippen molar-refractivity contribution >= 4 is 5.97 Å². The lowest BCUT2D eigenvalue weighted by molar-refractivity contribution is 0.0660. The van der Waals surface area contributed by atoms with Crippen molar-refractivity contribution < 1.29 is 18.7 Å². The predicted molar refractivity (Wildman–Crippen MR) is 67.3 cm³/mol. The maximum absolute atomic E-state index is 13.5. The summed E-state index contributed by atoms with van der Waals surface area (Å²) in [5, 5.41) is 11.8. The molecule has 5 heteroatoms. The summed E-state index contributed by atoms with van der Waals surface area (Å²) in [6.07, 6.45) is 0. The zero-order valence-corrected chi connectivity index (χ0v) is 10.4. The Morgan fingerprint density at radius 1 is 1.37 bits per heavy atom. The number of benzene rings is 1. The molecule has 0 spiro atoms. The molecule has 0 amide bonds. The van der Waals surface area contributed by atoms with Crippen LogP contribution in [-0.4, -0.2) is 11.1 Å². The lowest BCUT2D eigenvalue weighted by Crippen LogP contribution is -2.18. The molecule has 2 aromatic rings. The summed E-state index contributed by atoms with van der Waals surface area (Å²) in [4.78, 5) is 10.7. The van der Waals surface area contributed by atoms with Gasteiger partial charge >= 0.3 is 5.97 Å². The van der Waals surface area contributed by atoms with Crippen molar-refractivity contribution in [2.45, 2.75) is 19.5 Å². The van der Waals surface area contributed by atoms with Gasteiger partial charge in [-0.05, 0) is 25.1 Å². The second kappa shape index (κ2) is 5.67. The van der Waals surface area contributed by atoms with Crippen LogP contribution >= 0.6 is 0 Å². The number of carboxylic acids is 1. The SMILES string of the molecule is CC(NCc1ccc(C(=O)O)o1)c1ccccc1F. The van der Waals surface area contributed by atoms with Crippen LogP contribution in [0.25, 0.3) is 0 Å². The Morgan fingerprint density at radius 3 is 2.74 bits per heavy atom. The number of hydrogen-bond donors (Lipinski definition) is 2. The van der Waals surface area contributed by atoms with Gasteiger partial charge in [0.1, 0.15) is 11.6 Å². The molecule has 2 N–H and O–H groups in total. The smallest absolute Gasteiger partial charge is 0.371 e. The molecular formula is C14H14FNO3. The molecule has 2 rings (SSSR count). The van der Waals surface area contributed by atoms with Crippen molar-refractivity contribution in [3.8, 4) is 0 Å². The minimum absolute atomic E-state index is 0.102. The molecule has 1 atom stereocenters. The van der Waals surface area contributed by atoms with Gasteiger partial charge in [-0.15, -0.1) is 0 Å². The maximum Gasteiger partial charge on any atom is 0.371 e. The summed E-state index contributed by atoms with van der Waals surface area (Å²) < 4.78 is 18.6. The number of rotatable bonds is 5. The van der Waals surface area contributed by atoms with E-state index in [1.54, 1.807) is 24.3 Å². The average Bonchev–Trinajstić information content (AvgIpc) is 2.85. The van der Waals surface area contributed by atoms with Crippen molar-refractivity contribution in [1.29, 1.82) is 0 Å². The monoisotopic (exact) mass is 263 g/mol. The van der Waals surface area contributed by atoms with E-state index >= 15 is 0 Å². The quantitative estimate of drug-likeness (QED) is 0.870. The molecular weight excluding hydrogens is 249 g/mol. The summed E-state index contributed by atoms with van der Waals surface area (Å²) in [7, 11) is 0. The average molecular weight is 263 g/mol. The van der Waals surface area contributed by atoms with Gasteiger partial charge in [-0.25, -0.2) is 9.18 Å². The molecule has 100 valence electrons. The van der Waals surface area contributed by atoms with Gasteiger partial charge in [0.25, 0.3) is 0 Å². The van der Waals surface area contributed by atoms with Crippen molar-refractivity contribution in [2.75, 3.05) is 0 Å². The summed E-state index contributed by atoms with van der Waals surface area (Å²) in [5.74, 6) is -0.975.